The summed E-state index contributed by atoms with van der Waals surface area (Å²) in [4.78, 5) is 7.39. The second kappa shape index (κ2) is 5.14. The molecular formula is C16H18BrN3O. The fourth-order valence-electron chi connectivity index (χ4n) is 3.67. The molecule has 1 spiro atoms. The van der Waals surface area contributed by atoms with E-state index >= 15 is 0 Å². The molecule has 110 valence electrons. The van der Waals surface area contributed by atoms with Crippen molar-refractivity contribution in [2.45, 2.75) is 30.8 Å². The Morgan fingerprint density at radius 3 is 2.95 bits per heavy atom. The van der Waals surface area contributed by atoms with Crippen LogP contribution in [-0.2, 0) is 6.42 Å². The Bertz CT molecular complexity index is 635. The van der Waals surface area contributed by atoms with Gasteiger partial charge < -0.3 is 15.0 Å². The second-order valence-electron chi connectivity index (χ2n) is 5.93. The molecule has 0 unspecified atom stereocenters. The standard InChI is InChI=1S/C16H18BrN3O/c17-11-1-2-15-13(7-11)14(8-12-9-19-10-20-12)16(21-15)3-5-18-6-4-16/h1-2,7,9-10,14,18H,3-6,8H2,(H,19,20)/t14-/m1/s1. The third kappa shape index (κ3) is 2.28. The quantitative estimate of drug-likeness (QED) is 0.877. The average molecular weight is 348 g/mol. The van der Waals surface area contributed by atoms with Gasteiger partial charge in [-0.25, -0.2) is 4.98 Å². The maximum atomic E-state index is 6.46. The highest BCUT2D eigenvalue weighted by molar-refractivity contribution is 9.10. The van der Waals surface area contributed by atoms with Gasteiger partial charge in [0.1, 0.15) is 11.4 Å². The van der Waals surface area contributed by atoms with E-state index in [0.717, 1.165) is 42.6 Å². The smallest absolute Gasteiger partial charge is 0.123 e. The monoisotopic (exact) mass is 347 g/mol. The molecule has 21 heavy (non-hydrogen) atoms. The Morgan fingerprint density at radius 2 is 2.19 bits per heavy atom. The molecule has 0 bridgehead atoms. The number of aromatic amines is 1. The molecule has 1 fully saturated rings. The van der Waals surface area contributed by atoms with Gasteiger partial charge in [0.2, 0.25) is 0 Å². The van der Waals surface area contributed by atoms with Crippen molar-refractivity contribution in [2.24, 2.45) is 0 Å². The lowest BCUT2D eigenvalue weighted by Gasteiger charge is -2.38. The molecule has 1 aromatic carbocycles. The van der Waals surface area contributed by atoms with Crippen LogP contribution < -0.4 is 10.1 Å². The summed E-state index contributed by atoms with van der Waals surface area (Å²) in [5.41, 5.74) is 2.43. The van der Waals surface area contributed by atoms with Crippen molar-refractivity contribution in [3.05, 3.63) is 46.5 Å². The summed E-state index contributed by atoms with van der Waals surface area (Å²) in [5, 5.41) is 3.44. The molecule has 1 saturated heterocycles. The molecule has 0 radical (unpaired) electrons. The van der Waals surface area contributed by atoms with Crippen LogP contribution in [0, 0.1) is 0 Å². The Morgan fingerprint density at radius 1 is 1.33 bits per heavy atom. The lowest BCUT2D eigenvalue weighted by atomic mass is 9.76. The minimum atomic E-state index is -0.0700. The number of fused-ring (bicyclic) bond motifs is 1. The van der Waals surface area contributed by atoms with Crippen LogP contribution in [0.1, 0.15) is 30.0 Å². The topological polar surface area (TPSA) is 49.9 Å². The largest absolute Gasteiger partial charge is 0.486 e. The number of benzene rings is 1. The summed E-state index contributed by atoms with van der Waals surface area (Å²) in [7, 11) is 0. The number of aromatic nitrogens is 2. The zero-order valence-corrected chi connectivity index (χ0v) is 13.3. The molecule has 2 N–H and O–H groups in total. The Balaban J connectivity index is 1.75. The van der Waals surface area contributed by atoms with Gasteiger partial charge in [-0.15, -0.1) is 0 Å². The molecular weight excluding hydrogens is 330 g/mol. The highest BCUT2D eigenvalue weighted by atomic mass is 79.9. The Hall–Kier alpha value is -1.33. The number of nitrogens with zero attached hydrogens (tertiary/aromatic N) is 1. The summed E-state index contributed by atoms with van der Waals surface area (Å²) < 4.78 is 7.57. The molecule has 2 aliphatic rings. The SMILES string of the molecule is Brc1ccc2c(c1)[C@@H](Cc1cnc[nH]1)C1(CCNCC1)O2. The van der Waals surface area contributed by atoms with Crippen LogP contribution >= 0.6 is 15.9 Å². The molecule has 0 saturated carbocycles. The zero-order chi connectivity index (χ0) is 14.3. The van der Waals surface area contributed by atoms with Crippen LogP contribution in [0.2, 0.25) is 0 Å². The third-order valence-electron chi connectivity index (χ3n) is 4.72. The van der Waals surface area contributed by atoms with E-state index < -0.39 is 0 Å². The number of piperidine rings is 1. The highest BCUT2D eigenvalue weighted by Crippen LogP contribution is 2.50. The van der Waals surface area contributed by atoms with Crippen LogP contribution in [0.4, 0.5) is 0 Å². The van der Waals surface area contributed by atoms with Crippen molar-refractivity contribution in [2.75, 3.05) is 13.1 Å². The minimum Gasteiger partial charge on any atom is -0.486 e. The molecule has 0 amide bonds. The van der Waals surface area contributed by atoms with Crippen molar-refractivity contribution in [1.82, 2.24) is 15.3 Å². The molecule has 4 nitrogen and oxygen atoms in total. The number of halogens is 1. The third-order valence-corrected chi connectivity index (χ3v) is 5.22. The van der Waals surface area contributed by atoms with Crippen molar-refractivity contribution in [1.29, 1.82) is 0 Å². The Kier molecular flexibility index (Phi) is 3.27. The number of H-pyrrole nitrogens is 1. The number of hydrogen-bond donors (Lipinski definition) is 2. The lowest BCUT2D eigenvalue weighted by Crippen LogP contribution is -2.48. The molecule has 0 aliphatic carbocycles. The predicted molar refractivity (Wildman–Crippen MR) is 84.6 cm³/mol. The average Bonchev–Trinajstić information content (AvgIpc) is 3.09. The van der Waals surface area contributed by atoms with Gasteiger partial charge in [0, 0.05) is 40.7 Å². The summed E-state index contributed by atoms with van der Waals surface area (Å²) >= 11 is 3.59. The fourth-order valence-corrected chi connectivity index (χ4v) is 4.05. The first-order chi connectivity index (χ1) is 10.3. The van der Waals surface area contributed by atoms with Gasteiger partial charge in [-0.1, -0.05) is 15.9 Å². The van der Waals surface area contributed by atoms with Gasteiger partial charge in [-0.05, 0) is 37.7 Å². The first kappa shape index (κ1) is 13.3. The van der Waals surface area contributed by atoms with E-state index in [-0.39, 0.29) is 5.60 Å². The van der Waals surface area contributed by atoms with E-state index in [4.69, 9.17) is 4.74 Å². The number of hydrogen-bond acceptors (Lipinski definition) is 3. The number of ether oxygens (including phenoxy) is 1. The fraction of sp³-hybridized carbons (Fsp3) is 0.438. The van der Waals surface area contributed by atoms with Crippen molar-refractivity contribution in [3.8, 4) is 5.75 Å². The van der Waals surface area contributed by atoms with E-state index in [1.807, 2.05) is 6.20 Å². The van der Waals surface area contributed by atoms with Gasteiger partial charge in [0.25, 0.3) is 0 Å². The van der Waals surface area contributed by atoms with Gasteiger partial charge in [-0.2, -0.15) is 0 Å². The van der Waals surface area contributed by atoms with Crippen molar-refractivity contribution >= 4 is 15.9 Å². The molecule has 3 heterocycles. The van der Waals surface area contributed by atoms with Crippen LogP contribution in [0.15, 0.2) is 35.2 Å². The molecule has 1 atom stereocenters. The molecule has 2 aliphatic heterocycles. The highest BCUT2D eigenvalue weighted by Gasteiger charge is 2.48. The molecule has 2 aromatic rings. The molecule has 5 heteroatoms. The first-order valence-electron chi connectivity index (χ1n) is 7.43. The van der Waals surface area contributed by atoms with Gasteiger partial charge in [0.15, 0.2) is 0 Å². The van der Waals surface area contributed by atoms with Crippen LogP contribution in [0.5, 0.6) is 5.75 Å². The lowest BCUT2D eigenvalue weighted by molar-refractivity contribution is 0.0351. The van der Waals surface area contributed by atoms with E-state index in [0.29, 0.717) is 5.92 Å². The Labute approximate surface area is 132 Å². The van der Waals surface area contributed by atoms with Gasteiger partial charge in [-0.3, -0.25) is 0 Å². The summed E-state index contributed by atoms with van der Waals surface area (Å²) in [5.74, 6) is 1.43. The second-order valence-corrected chi connectivity index (χ2v) is 6.85. The number of imidazole rings is 1. The molecule has 4 rings (SSSR count). The number of rotatable bonds is 2. The van der Waals surface area contributed by atoms with Gasteiger partial charge >= 0.3 is 0 Å². The van der Waals surface area contributed by atoms with E-state index in [1.165, 1.54) is 11.3 Å². The summed E-state index contributed by atoms with van der Waals surface area (Å²) in [6, 6.07) is 6.37. The first-order valence-corrected chi connectivity index (χ1v) is 8.23. The van der Waals surface area contributed by atoms with Crippen molar-refractivity contribution in [3.63, 3.8) is 0 Å². The van der Waals surface area contributed by atoms with Crippen LogP contribution in [0.25, 0.3) is 0 Å². The normalized spacial score (nSPS) is 23.0. The van der Waals surface area contributed by atoms with Crippen LogP contribution in [0.3, 0.4) is 0 Å². The summed E-state index contributed by atoms with van der Waals surface area (Å²) in [6.07, 6.45) is 6.73. The van der Waals surface area contributed by atoms with E-state index in [2.05, 4.69) is 49.4 Å². The number of nitrogens with one attached hydrogen (secondary N) is 2. The zero-order valence-electron chi connectivity index (χ0n) is 11.7. The van der Waals surface area contributed by atoms with E-state index in [9.17, 15) is 0 Å². The van der Waals surface area contributed by atoms with Crippen LogP contribution in [-0.4, -0.2) is 28.7 Å². The minimum absolute atomic E-state index is 0.0700. The maximum absolute atomic E-state index is 6.46. The van der Waals surface area contributed by atoms with Gasteiger partial charge in [0.05, 0.1) is 6.33 Å². The van der Waals surface area contributed by atoms with Crippen molar-refractivity contribution < 1.29 is 4.74 Å². The maximum Gasteiger partial charge on any atom is 0.123 e. The summed E-state index contributed by atoms with van der Waals surface area (Å²) in [6.45, 7) is 2.04. The molecule has 1 aromatic heterocycles. The van der Waals surface area contributed by atoms with E-state index in [1.54, 1.807) is 6.33 Å². The predicted octanol–water partition coefficient (Wildman–Crippen LogP) is 3.01.